The maximum Gasteiger partial charge on any atom is 0.274 e. The van der Waals surface area contributed by atoms with Gasteiger partial charge in [0.25, 0.3) is 5.91 Å². The standard InChI is InChI=1S/C38H36FN3O3S/c1-38(2,3)46(45)42-24-30-23-33(37(44)40-32-17-15-26(16-18-32)25-9-5-4-6-10-25)41-36(35(30)34(42)19-20-43)29-13-7-11-27(21-29)28-12-8-14-31(39)22-28/h4-18,21-23,34,43H,19-20,24H2,1-3H3,(H,40,44)/t34-,46?/m0/s1. The number of hydrogen-bond acceptors (Lipinski definition) is 4. The van der Waals surface area contributed by atoms with E-state index in [1.807, 2.05) is 110 Å². The van der Waals surface area contributed by atoms with E-state index >= 15 is 0 Å². The van der Waals surface area contributed by atoms with Crippen LogP contribution in [0.5, 0.6) is 0 Å². The van der Waals surface area contributed by atoms with Crippen molar-refractivity contribution >= 4 is 22.6 Å². The number of aromatic nitrogens is 1. The van der Waals surface area contributed by atoms with Gasteiger partial charge in [0.1, 0.15) is 22.5 Å². The summed E-state index contributed by atoms with van der Waals surface area (Å²) in [7, 11) is -1.39. The highest BCUT2D eigenvalue weighted by Crippen LogP contribution is 2.44. The number of aliphatic hydroxyl groups is 1. The second kappa shape index (κ2) is 13.1. The van der Waals surface area contributed by atoms with Gasteiger partial charge < -0.3 is 10.4 Å². The fourth-order valence-corrected chi connectivity index (χ4v) is 7.29. The fourth-order valence-electron chi connectivity index (χ4n) is 5.89. The Kier molecular flexibility index (Phi) is 8.95. The molecular formula is C38H36FN3O3S. The molecule has 4 aromatic carbocycles. The maximum absolute atomic E-state index is 14.1. The van der Waals surface area contributed by atoms with E-state index in [4.69, 9.17) is 4.98 Å². The first-order valence-corrected chi connectivity index (χ1v) is 16.4. The van der Waals surface area contributed by atoms with Crippen LogP contribution in [0.15, 0.2) is 109 Å². The van der Waals surface area contributed by atoms with Crippen molar-refractivity contribution in [3.05, 3.63) is 132 Å². The van der Waals surface area contributed by atoms with Crippen LogP contribution in [-0.4, -0.2) is 35.9 Å². The zero-order valence-corrected chi connectivity index (χ0v) is 26.9. The van der Waals surface area contributed by atoms with Gasteiger partial charge in [-0.05, 0) is 91.4 Å². The molecule has 2 heterocycles. The monoisotopic (exact) mass is 633 g/mol. The third-order valence-electron chi connectivity index (χ3n) is 8.07. The lowest BCUT2D eigenvalue weighted by molar-refractivity contribution is 0.102. The minimum atomic E-state index is -1.39. The molecule has 6 rings (SSSR count). The van der Waals surface area contributed by atoms with Crippen molar-refractivity contribution < 1.29 is 18.5 Å². The zero-order valence-electron chi connectivity index (χ0n) is 26.0. The summed E-state index contributed by atoms with van der Waals surface area (Å²) in [5, 5.41) is 13.1. The van der Waals surface area contributed by atoms with Gasteiger partial charge in [-0.1, -0.05) is 72.8 Å². The van der Waals surface area contributed by atoms with Crippen LogP contribution in [0.3, 0.4) is 0 Å². The molecule has 0 spiro atoms. The lowest BCUT2D eigenvalue weighted by Crippen LogP contribution is -2.36. The Morgan fingerprint density at radius 2 is 1.50 bits per heavy atom. The number of benzene rings is 4. The van der Waals surface area contributed by atoms with Gasteiger partial charge in [-0.3, -0.25) is 4.79 Å². The van der Waals surface area contributed by atoms with E-state index in [0.717, 1.165) is 33.4 Å². The van der Waals surface area contributed by atoms with Crippen LogP contribution < -0.4 is 5.32 Å². The largest absolute Gasteiger partial charge is 0.396 e. The number of hydrogen-bond donors (Lipinski definition) is 2. The van der Waals surface area contributed by atoms with Gasteiger partial charge in [0.15, 0.2) is 0 Å². The number of carbonyl (C=O) groups excluding carboxylic acids is 1. The van der Waals surface area contributed by atoms with E-state index in [1.54, 1.807) is 12.1 Å². The molecule has 234 valence electrons. The van der Waals surface area contributed by atoms with Gasteiger partial charge in [-0.25, -0.2) is 17.9 Å². The van der Waals surface area contributed by atoms with Crippen molar-refractivity contribution in [1.82, 2.24) is 9.29 Å². The number of anilines is 1. The second-order valence-corrected chi connectivity index (χ2v) is 14.6. The molecule has 0 bridgehead atoms. The number of aliphatic hydroxyl groups excluding tert-OH is 1. The van der Waals surface area contributed by atoms with Crippen LogP contribution in [0.1, 0.15) is 54.8 Å². The third-order valence-corrected chi connectivity index (χ3v) is 9.92. The maximum atomic E-state index is 14.1. The molecule has 5 aromatic rings. The highest BCUT2D eigenvalue weighted by atomic mass is 32.2. The number of pyridine rings is 1. The summed E-state index contributed by atoms with van der Waals surface area (Å²) < 4.78 is 29.2. The topological polar surface area (TPSA) is 82.5 Å². The molecular weight excluding hydrogens is 598 g/mol. The Bertz CT molecular complexity index is 1910. The lowest BCUT2D eigenvalue weighted by Gasteiger charge is -2.30. The van der Waals surface area contributed by atoms with Crippen molar-refractivity contribution in [3.63, 3.8) is 0 Å². The molecule has 0 aliphatic carbocycles. The number of nitrogens with zero attached hydrogens (tertiary/aromatic N) is 2. The minimum absolute atomic E-state index is 0.105. The van der Waals surface area contributed by atoms with Crippen LogP contribution in [0, 0.1) is 5.82 Å². The SMILES string of the molecule is CC(C)(C)S(=O)N1Cc2cc(C(=O)Nc3ccc(-c4ccccc4)cc3)nc(-c3cccc(-c4cccc(F)c4)c3)c2[C@@H]1CCO. The Balaban J connectivity index is 1.42. The number of fused-ring (bicyclic) bond motifs is 1. The van der Waals surface area contributed by atoms with Crippen molar-refractivity contribution in [2.75, 3.05) is 11.9 Å². The highest BCUT2D eigenvalue weighted by molar-refractivity contribution is 7.84. The van der Waals surface area contributed by atoms with Gasteiger partial charge in [0.05, 0.1) is 16.5 Å². The molecule has 1 aliphatic rings. The normalized spacial score (nSPS) is 15.4. The van der Waals surface area contributed by atoms with Crippen molar-refractivity contribution in [2.24, 2.45) is 0 Å². The first kappa shape index (κ1) is 31.5. The van der Waals surface area contributed by atoms with Crippen LogP contribution in [0.4, 0.5) is 10.1 Å². The first-order valence-electron chi connectivity index (χ1n) is 15.3. The Morgan fingerprint density at radius 1 is 0.870 bits per heavy atom. The summed E-state index contributed by atoms with van der Waals surface area (Å²) >= 11 is 0. The van der Waals surface area contributed by atoms with Crippen LogP contribution in [0.2, 0.25) is 0 Å². The number of halogens is 1. The van der Waals surface area contributed by atoms with E-state index in [-0.39, 0.29) is 30.1 Å². The van der Waals surface area contributed by atoms with Crippen molar-refractivity contribution in [1.29, 1.82) is 0 Å². The second-order valence-electron chi connectivity index (χ2n) is 12.4. The molecule has 1 aromatic heterocycles. The van der Waals surface area contributed by atoms with Gasteiger partial charge in [0.2, 0.25) is 0 Å². The van der Waals surface area contributed by atoms with E-state index in [2.05, 4.69) is 5.32 Å². The van der Waals surface area contributed by atoms with Gasteiger partial charge in [-0.15, -0.1) is 0 Å². The van der Waals surface area contributed by atoms with Crippen LogP contribution in [0.25, 0.3) is 33.5 Å². The number of carbonyl (C=O) groups is 1. The summed E-state index contributed by atoms with van der Waals surface area (Å²) in [4.78, 5) is 18.7. The molecule has 2 N–H and O–H groups in total. The number of nitrogens with one attached hydrogen (secondary N) is 1. The van der Waals surface area contributed by atoms with E-state index in [9.17, 15) is 18.5 Å². The fraction of sp³-hybridized carbons (Fsp3) is 0.211. The smallest absolute Gasteiger partial charge is 0.274 e. The molecule has 0 fully saturated rings. The van der Waals surface area contributed by atoms with Gasteiger partial charge in [-0.2, -0.15) is 0 Å². The van der Waals surface area contributed by atoms with Crippen molar-refractivity contribution in [2.45, 2.75) is 44.5 Å². The lowest BCUT2D eigenvalue weighted by atomic mass is 9.94. The first-order chi connectivity index (χ1) is 22.1. The highest BCUT2D eigenvalue weighted by Gasteiger charge is 2.40. The van der Waals surface area contributed by atoms with E-state index in [0.29, 0.717) is 29.9 Å². The molecule has 1 unspecified atom stereocenters. The Labute approximate surface area is 271 Å². The van der Waals surface area contributed by atoms with Crippen LogP contribution >= 0.6 is 0 Å². The molecule has 2 atom stereocenters. The van der Waals surface area contributed by atoms with Crippen LogP contribution in [-0.2, 0) is 17.5 Å². The van der Waals surface area contributed by atoms with Gasteiger partial charge >= 0.3 is 0 Å². The summed E-state index contributed by atoms with van der Waals surface area (Å²) in [6.45, 7) is 6.00. The van der Waals surface area contributed by atoms with E-state index < -0.39 is 15.7 Å². The molecule has 6 nitrogen and oxygen atoms in total. The molecule has 0 radical (unpaired) electrons. The molecule has 1 amide bonds. The summed E-state index contributed by atoms with van der Waals surface area (Å²) in [5.41, 5.74) is 7.49. The minimum Gasteiger partial charge on any atom is -0.396 e. The molecule has 1 aliphatic heterocycles. The average Bonchev–Trinajstić information content (AvgIpc) is 3.42. The molecule has 0 saturated heterocycles. The molecule has 46 heavy (non-hydrogen) atoms. The summed E-state index contributed by atoms with van der Waals surface area (Å²) in [6, 6.07) is 33.1. The Hall–Kier alpha value is -4.50. The number of rotatable bonds is 8. The summed E-state index contributed by atoms with van der Waals surface area (Å²) in [5.74, 6) is -0.701. The zero-order chi connectivity index (χ0) is 32.4. The molecule has 8 heteroatoms. The predicted molar refractivity (Wildman–Crippen MR) is 183 cm³/mol. The predicted octanol–water partition coefficient (Wildman–Crippen LogP) is 8.18. The third kappa shape index (κ3) is 6.56. The van der Waals surface area contributed by atoms with E-state index in [1.165, 1.54) is 12.1 Å². The average molecular weight is 634 g/mol. The molecule has 0 saturated carbocycles. The van der Waals surface area contributed by atoms with Gasteiger partial charge in [0, 0.05) is 30.0 Å². The number of amides is 1. The Morgan fingerprint density at radius 3 is 2.17 bits per heavy atom. The summed E-state index contributed by atoms with van der Waals surface area (Å²) in [6.07, 6.45) is 0.354. The quantitative estimate of drug-likeness (QED) is 0.181. The van der Waals surface area contributed by atoms with Crippen molar-refractivity contribution in [3.8, 4) is 33.5 Å².